The van der Waals surface area contributed by atoms with Gasteiger partial charge in [0.2, 0.25) is 0 Å². The average molecular weight is 451 g/mol. The minimum Gasteiger partial charge on any atom is -0.455 e. The molecule has 1 saturated heterocycles. The highest BCUT2D eigenvalue weighted by Gasteiger charge is 2.21. The lowest BCUT2D eigenvalue weighted by Crippen LogP contribution is -2.38. The highest BCUT2D eigenvalue weighted by Crippen LogP contribution is 2.30. The fraction of sp³-hybridized carbons (Fsp3) is 0.400. The summed E-state index contributed by atoms with van der Waals surface area (Å²) in [6, 6.07) is 16.4. The van der Waals surface area contributed by atoms with Crippen LogP contribution < -0.4 is 10.2 Å². The molecule has 0 radical (unpaired) electrons. The summed E-state index contributed by atoms with van der Waals surface area (Å²) in [4.78, 5) is 24.3. The first-order chi connectivity index (χ1) is 15.5. The summed E-state index contributed by atoms with van der Waals surface area (Å²) in [6.07, 6.45) is 3.63. The highest BCUT2D eigenvalue weighted by atomic mass is 32.2. The number of benzene rings is 1. The number of furan rings is 1. The van der Waals surface area contributed by atoms with Gasteiger partial charge in [-0.25, -0.2) is 9.97 Å². The molecule has 0 bridgehead atoms. The van der Waals surface area contributed by atoms with E-state index in [2.05, 4.69) is 35.3 Å². The number of anilines is 1. The normalized spacial score (nSPS) is 16.4. The molecule has 7 heteroatoms. The molecule has 2 aromatic heterocycles. The van der Waals surface area contributed by atoms with Gasteiger partial charge in [0.25, 0.3) is 5.91 Å². The van der Waals surface area contributed by atoms with Crippen LogP contribution in [0.4, 0.5) is 5.82 Å². The number of thioether (sulfide) groups is 1. The second-order valence-electron chi connectivity index (χ2n) is 8.48. The van der Waals surface area contributed by atoms with Gasteiger partial charge in [-0.05, 0) is 52.2 Å². The molecule has 3 heterocycles. The summed E-state index contributed by atoms with van der Waals surface area (Å²) in [6.45, 7) is 7.14. The quantitative estimate of drug-likeness (QED) is 0.376. The van der Waals surface area contributed by atoms with Crippen LogP contribution in [0.1, 0.15) is 56.3 Å². The second kappa shape index (κ2) is 10.2. The first-order valence-electron chi connectivity index (χ1n) is 11.2. The minimum atomic E-state index is -0.194. The zero-order valence-corrected chi connectivity index (χ0v) is 19.7. The van der Waals surface area contributed by atoms with Gasteiger partial charge in [-0.3, -0.25) is 4.79 Å². The molecule has 1 aliphatic rings. The number of amides is 1. The van der Waals surface area contributed by atoms with Gasteiger partial charge in [0, 0.05) is 30.3 Å². The molecule has 4 rings (SSSR count). The van der Waals surface area contributed by atoms with E-state index in [1.165, 1.54) is 31.0 Å². The fourth-order valence-corrected chi connectivity index (χ4v) is 4.61. The van der Waals surface area contributed by atoms with Crippen molar-refractivity contribution in [2.45, 2.75) is 63.0 Å². The Kier molecular flexibility index (Phi) is 7.15. The molecule has 0 saturated carbocycles. The van der Waals surface area contributed by atoms with Gasteiger partial charge in [-0.2, -0.15) is 0 Å². The zero-order chi connectivity index (χ0) is 22.5. The van der Waals surface area contributed by atoms with Crippen molar-refractivity contribution in [3.63, 3.8) is 0 Å². The number of carbonyl (C=O) groups excluding carboxylic acids is 1. The van der Waals surface area contributed by atoms with E-state index >= 15 is 0 Å². The van der Waals surface area contributed by atoms with Crippen LogP contribution >= 0.6 is 11.8 Å². The predicted octanol–water partition coefficient (Wildman–Crippen LogP) is 5.55. The van der Waals surface area contributed by atoms with Crippen LogP contribution in [0.15, 0.2) is 58.1 Å². The number of nitrogens with one attached hydrogen (secondary N) is 1. The summed E-state index contributed by atoms with van der Waals surface area (Å²) >= 11 is 1.53. The maximum absolute atomic E-state index is 12.2. The molecule has 168 valence electrons. The summed E-state index contributed by atoms with van der Waals surface area (Å²) in [5, 5.41) is 3.56. The van der Waals surface area contributed by atoms with Crippen molar-refractivity contribution in [2.75, 3.05) is 11.4 Å². The Bertz CT molecular complexity index is 1050. The monoisotopic (exact) mass is 450 g/mol. The topological polar surface area (TPSA) is 71.3 Å². The van der Waals surface area contributed by atoms with E-state index in [0.717, 1.165) is 29.4 Å². The van der Waals surface area contributed by atoms with Crippen molar-refractivity contribution in [1.29, 1.82) is 0 Å². The molecule has 1 aliphatic heterocycles. The van der Waals surface area contributed by atoms with Gasteiger partial charge in [0.1, 0.15) is 11.6 Å². The van der Waals surface area contributed by atoms with E-state index in [4.69, 9.17) is 14.4 Å². The maximum atomic E-state index is 12.2. The Morgan fingerprint density at radius 2 is 2.00 bits per heavy atom. The number of rotatable bonds is 7. The Balaban J connectivity index is 1.56. The molecule has 3 aromatic rings. The smallest absolute Gasteiger partial charge is 0.287 e. The molecule has 32 heavy (non-hydrogen) atoms. The molecule has 1 amide bonds. The molecular weight excluding hydrogens is 420 g/mol. The molecule has 1 N–H and O–H groups in total. The number of carbonyl (C=O) groups is 1. The van der Waals surface area contributed by atoms with Crippen LogP contribution in [0.3, 0.4) is 0 Å². The van der Waals surface area contributed by atoms with Crippen molar-refractivity contribution in [1.82, 2.24) is 15.3 Å². The number of hydrogen-bond acceptors (Lipinski definition) is 6. The predicted molar refractivity (Wildman–Crippen MR) is 129 cm³/mol. The molecule has 0 spiro atoms. The van der Waals surface area contributed by atoms with Crippen LogP contribution in [0.25, 0.3) is 11.3 Å². The van der Waals surface area contributed by atoms with Crippen LogP contribution in [0.2, 0.25) is 0 Å². The zero-order valence-electron chi connectivity index (χ0n) is 18.9. The van der Waals surface area contributed by atoms with E-state index in [1.54, 1.807) is 6.07 Å². The summed E-state index contributed by atoms with van der Waals surface area (Å²) in [5.41, 5.74) is 2.00. The van der Waals surface area contributed by atoms with Crippen molar-refractivity contribution < 1.29 is 9.21 Å². The third-order valence-corrected chi connectivity index (χ3v) is 6.38. The van der Waals surface area contributed by atoms with Crippen LogP contribution in [0, 0.1) is 0 Å². The van der Waals surface area contributed by atoms with Gasteiger partial charge < -0.3 is 14.6 Å². The fourth-order valence-electron chi connectivity index (χ4n) is 3.87. The molecule has 1 fully saturated rings. The molecule has 0 aliphatic carbocycles. The maximum Gasteiger partial charge on any atom is 0.287 e. The Morgan fingerprint density at radius 1 is 1.19 bits per heavy atom. The number of hydrogen-bond donors (Lipinski definition) is 1. The van der Waals surface area contributed by atoms with Crippen LogP contribution in [-0.4, -0.2) is 34.5 Å². The second-order valence-corrected chi connectivity index (χ2v) is 9.42. The lowest BCUT2D eigenvalue weighted by atomic mass is 10.0. The van der Waals surface area contributed by atoms with Gasteiger partial charge in [0.15, 0.2) is 10.9 Å². The Morgan fingerprint density at radius 3 is 2.75 bits per heavy atom. The van der Waals surface area contributed by atoms with Gasteiger partial charge in [-0.15, -0.1) is 0 Å². The number of aromatic nitrogens is 2. The van der Waals surface area contributed by atoms with Crippen molar-refractivity contribution in [3.8, 4) is 11.3 Å². The summed E-state index contributed by atoms with van der Waals surface area (Å²) in [5.74, 6) is 2.40. The van der Waals surface area contributed by atoms with E-state index in [1.807, 2.05) is 38.1 Å². The van der Waals surface area contributed by atoms with E-state index in [9.17, 15) is 4.79 Å². The molecule has 1 aromatic carbocycles. The molecule has 1 atom stereocenters. The van der Waals surface area contributed by atoms with E-state index < -0.39 is 0 Å². The first kappa shape index (κ1) is 22.4. The summed E-state index contributed by atoms with van der Waals surface area (Å²) in [7, 11) is 0. The van der Waals surface area contributed by atoms with Gasteiger partial charge in [-0.1, -0.05) is 42.1 Å². The minimum absolute atomic E-state index is 0.0650. The van der Waals surface area contributed by atoms with Crippen LogP contribution in [-0.2, 0) is 5.75 Å². The van der Waals surface area contributed by atoms with Crippen molar-refractivity contribution in [2.24, 2.45) is 0 Å². The SMILES string of the molecule is CC(C)NC(=O)c1ccc(CSc2nc(-c3ccccc3)cc(N3CCCCC3C)n2)o1. The lowest BCUT2D eigenvalue weighted by Gasteiger charge is -2.34. The van der Waals surface area contributed by atoms with Crippen molar-refractivity contribution in [3.05, 3.63) is 60.1 Å². The van der Waals surface area contributed by atoms with Gasteiger partial charge >= 0.3 is 0 Å². The number of piperidine rings is 1. The lowest BCUT2D eigenvalue weighted by molar-refractivity contribution is 0.0913. The number of nitrogens with zero attached hydrogens (tertiary/aromatic N) is 3. The highest BCUT2D eigenvalue weighted by molar-refractivity contribution is 7.98. The Labute approximate surface area is 193 Å². The standard InChI is InChI=1S/C25H30N4O2S/c1-17(2)26-24(30)22-13-12-20(31-22)16-32-25-27-21(19-10-5-4-6-11-19)15-23(28-25)29-14-8-7-9-18(29)3/h4-6,10-13,15,17-18H,7-9,14,16H2,1-3H3,(H,26,30). The van der Waals surface area contributed by atoms with E-state index in [-0.39, 0.29) is 11.9 Å². The third-order valence-electron chi connectivity index (χ3n) is 5.51. The molecule has 1 unspecified atom stereocenters. The first-order valence-corrected chi connectivity index (χ1v) is 12.2. The van der Waals surface area contributed by atoms with Gasteiger partial charge in [0.05, 0.1) is 11.4 Å². The van der Waals surface area contributed by atoms with Crippen molar-refractivity contribution >= 4 is 23.5 Å². The van der Waals surface area contributed by atoms with Crippen LogP contribution in [0.5, 0.6) is 0 Å². The third kappa shape index (κ3) is 5.51. The van der Waals surface area contributed by atoms with E-state index in [0.29, 0.717) is 22.7 Å². The molecule has 6 nitrogen and oxygen atoms in total. The summed E-state index contributed by atoms with van der Waals surface area (Å²) < 4.78 is 5.75. The molecular formula is C25H30N4O2S. The average Bonchev–Trinajstić information content (AvgIpc) is 3.27. The Hall–Kier alpha value is -2.80. The largest absolute Gasteiger partial charge is 0.455 e.